The minimum Gasteiger partial charge on any atom is -0.515 e. The minimum absolute atomic E-state index is 0.0198. The second-order valence-corrected chi connectivity index (χ2v) is 11.8. The predicted octanol–water partition coefficient (Wildman–Crippen LogP) is 4.84. The fraction of sp³-hybridized carbons (Fsp3) is 0.237. The van der Waals surface area contributed by atoms with E-state index in [4.69, 9.17) is 18.6 Å². The molecule has 0 amide bonds. The van der Waals surface area contributed by atoms with Gasteiger partial charge in [-0.25, -0.2) is 8.78 Å². The van der Waals surface area contributed by atoms with E-state index in [2.05, 4.69) is 0 Å². The van der Waals surface area contributed by atoms with Crippen LogP contribution >= 0.6 is 0 Å². The molecule has 4 rings (SSSR count). The average molecular weight is 783 g/mol. The molecule has 16 nitrogen and oxygen atoms in total. The first-order valence-corrected chi connectivity index (χ1v) is 16.6. The highest BCUT2D eigenvalue weighted by atomic mass is 19.1. The summed E-state index contributed by atoms with van der Waals surface area (Å²) >= 11 is 0. The number of allylic oxidation sites excluding steroid dienone is 1. The maximum Gasteiger partial charge on any atom is 0.323 e. The second-order valence-electron chi connectivity index (χ2n) is 11.8. The number of nitrogens with zero attached hydrogens (tertiary/aromatic N) is 2. The molecule has 2 aliphatic rings. The number of hydrogen-bond donors (Lipinski definition) is 5. The summed E-state index contributed by atoms with van der Waals surface area (Å²) in [5, 5.41) is 47.1. The van der Waals surface area contributed by atoms with Crippen LogP contribution in [0.15, 0.2) is 75.9 Å². The Hall–Kier alpha value is -6.95. The van der Waals surface area contributed by atoms with Crippen LogP contribution in [0.2, 0.25) is 0 Å². The van der Waals surface area contributed by atoms with Crippen LogP contribution in [0.1, 0.15) is 18.2 Å². The van der Waals surface area contributed by atoms with E-state index in [1.807, 2.05) is 0 Å². The van der Waals surface area contributed by atoms with Crippen molar-refractivity contribution in [3.8, 4) is 33.9 Å². The highest BCUT2D eigenvalue weighted by molar-refractivity contribution is 5.92. The Bertz CT molecular complexity index is 2130. The summed E-state index contributed by atoms with van der Waals surface area (Å²) in [6.45, 7) is -1.94. The summed E-state index contributed by atoms with van der Waals surface area (Å²) in [5.74, 6) is -7.14. The van der Waals surface area contributed by atoms with E-state index in [1.54, 1.807) is 12.1 Å². The number of para-hydroxylation sites is 2. The molecule has 1 aliphatic heterocycles. The lowest BCUT2D eigenvalue weighted by Crippen LogP contribution is -2.34. The lowest BCUT2D eigenvalue weighted by molar-refractivity contribution is -0.138. The molecular weight excluding hydrogens is 746 g/mol. The Morgan fingerprint density at radius 2 is 1.32 bits per heavy atom. The molecule has 0 spiro atoms. The quantitative estimate of drug-likeness (QED) is 0.0562. The minimum atomic E-state index is -1.36. The number of carboxylic acids is 4. The van der Waals surface area contributed by atoms with Crippen LogP contribution < -0.4 is 24.7 Å². The van der Waals surface area contributed by atoms with Crippen LogP contribution in [0, 0.1) is 5.82 Å². The number of carboxylic acid groups (broad SMARTS) is 4. The van der Waals surface area contributed by atoms with Crippen molar-refractivity contribution in [2.75, 3.05) is 62.4 Å². The van der Waals surface area contributed by atoms with Crippen LogP contribution in [0.5, 0.6) is 11.5 Å². The number of fused-ring (bicyclic) bond motifs is 1. The monoisotopic (exact) mass is 782 g/mol. The summed E-state index contributed by atoms with van der Waals surface area (Å²) in [4.78, 5) is 60.5. The summed E-state index contributed by atoms with van der Waals surface area (Å²) in [6, 6.07) is 12.2. The number of aliphatic hydroxyl groups is 1. The molecule has 0 fully saturated rings. The van der Waals surface area contributed by atoms with Crippen molar-refractivity contribution in [3.05, 3.63) is 94.1 Å². The summed E-state index contributed by atoms with van der Waals surface area (Å²) in [7, 11) is 0. The number of halogens is 2. The molecule has 1 heterocycles. The van der Waals surface area contributed by atoms with E-state index >= 15 is 0 Å². The molecule has 0 unspecified atom stereocenters. The highest BCUT2D eigenvalue weighted by Gasteiger charge is 2.25. The number of benzene rings is 3. The first-order chi connectivity index (χ1) is 26.7. The Labute approximate surface area is 316 Å². The van der Waals surface area contributed by atoms with Crippen molar-refractivity contribution in [2.24, 2.45) is 0 Å². The smallest absolute Gasteiger partial charge is 0.323 e. The Morgan fingerprint density at radius 1 is 0.768 bits per heavy atom. The van der Waals surface area contributed by atoms with Crippen molar-refractivity contribution < 1.29 is 72.1 Å². The van der Waals surface area contributed by atoms with E-state index < -0.39 is 67.1 Å². The molecule has 0 bridgehead atoms. The molecule has 0 saturated heterocycles. The van der Waals surface area contributed by atoms with Gasteiger partial charge in [0.1, 0.15) is 62.4 Å². The van der Waals surface area contributed by atoms with E-state index in [9.17, 15) is 58.3 Å². The van der Waals surface area contributed by atoms with Gasteiger partial charge >= 0.3 is 23.9 Å². The van der Waals surface area contributed by atoms with Crippen molar-refractivity contribution in [2.45, 2.75) is 6.92 Å². The van der Waals surface area contributed by atoms with Gasteiger partial charge in [0.2, 0.25) is 5.43 Å². The number of aliphatic carboxylic acids is 4. The number of ether oxygens (including phenoxy) is 3. The van der Waals surface area contributed by atoms with Gasteiger partial charge in [0.25, 0.3) is 0 Å². The third kappa shape index (κ3) is 11.3. The van der Waals surface area contributed by atoms with Crippen LogP contribution in [-0.4, -0.2) is 102 Å². The van der Waals surface area contributed by atoms with E-state index in [-0.39, 0.29) is 83.1 Å². The van der Waals surface area contributed by atoms with Crippen molar-refractivity contribution in [3.63, 3.8) is 0 Å². The first kappa shape index (κ1) is 41.8. The predicted molar refractivity (Wildman–Crippen MR) is 197 cm³/mol. The standard InChI is InChI=1S/C38H36F2N2O14/c1-22(39)14-24-30(8-9-43)56-32-17-29(44)26(40)16-25(32)38(24)23-6-7-28(42(20-36(49)50)21-37(51)52)33(15-23)55-13-11-53-10-12-54-31-5-3-2-4-27(31)41(18-34(45)46)19-35(47)48/h2-9,14-17,43H,10-13,18-21H2,1H3,(H,45,46)(H,47,48)(H,49,50)(H,51,52)/b9-8?,22-14+. The average Bonchev–Trinajstić information content (AvgIpc) is 3.11. The molecule has 0 saturated carbocycles. The largest absolute Gasteiger partial charge is 0.515 e. The normalized spacial score (nSPS) is 11.4. The molecule has 56 heavy (non-hydrogen) atoms. The van der Waals surface area contributed by atoms with Crippen LogP contribution in [0.25, 0.3) is 34.6 Å². The molecule has 0 radical (unpaired) electrons. The van der Waals surface area contributed by atoms with Gasteiger partial charge in [0.05, 0.1) is 36.7 Å². The van der Waals surface area contributed by atoms with E-state index in [1.165, 1.54) is 30.3 Å². The van der Waals surface area contributed by atoms with Gasteiger partial charge in [-0.05, 0) is 48.9 Å². The molecule has 18 heteroatoms. The molecule has 5 N–H and O–H groups in total. The topological polar surface area (TPSA) is 234 Å². The number of rotatable bonds is 21. The molecule has 296 valence electrons. The lowest BCUT2D eigenvalue weighted by atomic mass is 9.91. The van der Waals surface area contributed by atoms with Gasteiger partial charge in [-0.15, -0.1) is 0 Å². The molecule has 1 aliphatic carbocycles. The lowest BCUT2D eigenvalue weighted by Gasteiger charge is -2.25. The zero-order valence-corrected chi connectivity index (χ0v) is 29.6. The second kappa shape index (κ2) is 19.4. The third-order valence-corrected chi connectivity index (χ3v) is 7.70. The number of aliphatic hydroxyl groups excluding tert-OH is 1. The van der Waals surface area contributed by atoms with Crippen molar-refractivity contribution in [1.29, 1.82) is 0 Å². The van der Waals surface area contributed by atoms with Gasteiger partial charge in [-0.3, -0.25) is 24.0 Å². The van der Waals surface area contributed by atoms with Crippen molar-refractivity contribution in [1.82, 2.24) is 0 Å². The van der Waals surface area contributed by atoms with E-state index in [0.717, 1.165) is 41.0 Å². The summed E-state index contributed by atoms with van der Waals surface area (Å²) in [5.41, 5.74) is -0.369. The van der Waals surface area contributed by atoms with Gasteiger partial charge in [-0.1, -0.05) is 18.2 Å². The fourth-order valence-electron chi connectivity index (χ4n) is 5.62. The number of hydrogen-bond acceptors (Lipinski definition) is 12. The van der Waals surface area contributed by atoms with Gasteiger partial charge in [0.15, 0.2) is 5.82 Å². The zero-order valence-electron chi connectivity index (χ0n) is 29.6. The summed E-state index contributed by atoms with van der Waals surface area (Å²) < 4.78 is 52.3. The molecule has 2 aromatic carbocycles. The SMILES string of the molecule is C/C(F)=C\c1c(C=CO)oc2cc(=O)c(F)cc-2c1-c1ccc(N(CC(=O)O)CC(=O)O)c(OCCOCCOc2ccccc2N(CC(=O)O)CC(=O)O)c1. The summed E-state index contributed by atoms with van der Waals surface area (Å²) in [6.07, 6.45) is 2.75. The van der Waals surface area contributed by atoms with Gasteiger partial charge < -0.3 is 54.0 Å². The molecular formula is C38H36F2N2O14. The Morgan fingerprint density at radius 3 is 1.88 bits per heavy atom. The fourth-order valence-corrected chi connectivity index (χ4v) is 5.62. The van der Waals surface area contributed by atoms with Gasteiger partial charge in [0, 0.05) is 28.8 Å². The van der Waals surface area contributed by atoms with Crippen molar-refractivity contribution >= 4 is 47.4 Å². The Balaban J connectivity index is 1.64. The highest BCUT2D eigenvalue weighted by Crippen LogP contribution is 2.43. The maximum atomic E-state index is 14.7. The molecule has 0 aromatic heterocycles. The van der Waals surface area contributed by atoms with Crippen LogP contribution in [0.3, 0.4) is 0 Å². The molecule has 0 atom stereocenters. The number of carbonyl (C=O) groups is 4. The first-order valence-electron chi connectivity index (χ1n) is 16.6. The van der Waals surface area contributed by atoms with E-state index in [0.29, 0.717) is 6.26 Å². The van der Waals surface area contributed by atoms with Gasteiger partial charge in [-0.2, -0.15) is 0 Å². The van der Waals surface area contributed by atoms with Crippen LogP contribution in [-0.2, 0) is 23.9 Å². The Kier molecular flexibility index (Phi) is 14.5. The van der Waals surface area contributed by atoms with Crippen LogP contribution in [0.4, 0.5) is 20.2 Å². The third-order valence-electron chi connectivity index (χ3n) is 7.70. The molecule has 2 aromatic rings. The zero-order chi connectivity index (χ0) is 40.9. The number of anilines is 2. The maximum absolute atomic E-state index is 14.7.